The fourth-order valence-electron chi connectivity index (χ4n) is 1.49. The molecule has 0 aliphatic carbocycles. The lowest BCUT2D eigenvalue weighted by atomic mass is 10.2. The van der Waals surface area contributed by atoms with E-state index in [1.54, 1.807) is 12.3 Å². The van der Waals surface area contributed by atoms with Gasteiger partial charge in [-0.2, -0.15) is 0 Å². The van der Waals surface area contributed by atoms with Crippen molar-refractivity contribution < 1.29 is 4.79 Å². The first-order chi connectivity index (χ1) is 8.97. The third-order valence-corrected chi connectivity index (χ3v) is 3.81. The van der Waals surface area contributed by atoms with Crippen molar-refractivity contribution in [3.05, 3.63) is 55.7 Å². The molecule has 98 valence electrons. The van der Waals surface area contributed by atoms with Gasteiger partial charge in [0, 0.05) is 15.1 Å². The molecule has 0 atom stereocenters. The Labute approximate surface area is 132 Å². The lowest BCUT2D eigenvalue weighted by Crippen LogP contribution is -2.13. The molecule has 1 amide bonds. The van der Waals surface area contributed by atoms with Crippen LogP contribution in [0, 0.1) is 6.92 Å². The highest BCUT2D eigenvalue weighted by Crippen LogP contribution is 2.25. The molecule has 1 aromatic carbocycles. The van der Waals surface area contributed by atoms with E-state index in [0.717, 1.165) is 10.0 Å². The van der Waals surface area contributed by atoms with Crippen LogP contribution in [0.2, 0.25) is 5.15 Å². The Morgan fingerprint density at radius 2 is 2.05 bits per heavy atom. The van der Waals surface area contributed by atoms with Crippen LogP contribution < -0.4 is 5.32 Å². The zero-order valence-electron chi connectivity index (χ0n) is 9.88. The highest BCUT2D eigenvalue weighted by Gasteiger charge is 2.13. The average Bonchev–Trinajstić information content (AvgIpc) is 2.35. The highest BCUT2D eigenvalue weighted by molar-refractivity contribution is 9.10. The Bertz CT molecular complexity index is 647. The number of aryl methyl sites for hydroxylation is 1. The molecule has 0 fully saturated rings. The number of amides is 1. The molecular formula is C13H9Br2ClN2O. The maximum Gasteiger partial charge on any atom is 0.258 e. The summed E-state index contributed by atoms with van der Waals surface area (Å²) in [4.78, 5) is 16.1. The van der Waals surface area contributed by atoms with Crippen molar-refractivity contribution in [2.45, 2.75) is 6.92 Å². The van der Waals surface area contributed by atoms with E-state index >= 15 is 0 Å². The highest BCUT2D eigenvalue weighted by atomic mass is 79.9. The minimum Gasteiger partial charge on any atom is -0.321 e. The summed E-state index contributed by atoms with van der Waals surface area (Å²) in [6.45, 7) is 1.98. The van der Waals surface area contributed by atoms with Gasteiger partial charge in [0.05, 0.1) is 11.3 Å². The fraction of sp³-hybridized carbons (Fsp3) is 0.0769. The number of hydrogen-bond donors (Lipinski definition) is 1. The Hall–Kier alpha value is -0.910. The molecule has 0 bridgehead atoms. The van der Waals surface area contributed by atoms with E-state index in [4.69, 9.17) is 11.6 Å². The van der Waals surface area contributed by atoms with Crippen LogP contribution in [0.25, 0.3) is 0 Å². The number of carbonyl (C=O) groups is 1. The number of carbonyl (C=O) groups excluding carboxylic acids is 1. The molecule has 1 heterocycles. The largest absolute Gasteiger partial charge is 0.321 e. The average molecular weight is 404 g/mol. The van der Waals surface area contributed by atoms with E-state index in [1.165, 1.54) is 0 Å². The van der Waals surface area contributed by atoms with Gasteiger partial charge in [-0.05, 0) is 62.5 Å². The normalized spacial score (nSPS) is 10.3. The molecule has 0 aliphatic heterocycles. The zero-order valence-corrected chi connectivity index (χ0v) is 13.8. The molecule has 6 heteroatoms. The molecule has 0 aliphatic rings. The molecule has 1 aromatic heterocycles. The van der Waals surface area contributed by atoms with Gasteiger partial charge in [0.25, 0.3) is 5.91 Å². The second-order valence-electron chi connectivity index (χ2n) is 3.93. The minimum absolute atomic E-state index is 0.170. The molecule has 0 unspecified atom stereocenters. The molecule has 0 saturated heterocycles. The first-order valence-corrected chi connectivity index (χ1v) is 7.32. The van der Waals surface area contributed by atoms with E-state index < -0.39 is 0 Å². The number of nitrogens with zero attached hydrogens (tertiary/aromatic N) is 1. The lowest BCUT2D eigenvalue weighted by Gasteiger charge is -2.09. The Balaban J connectivity index is 2.28. The zero-order chi connectivity index (χ0) is 14.0. The van der Waals surface area contributed by atoms with Crippen LogP contribution in [0.3, 0.4) is 0 Å². The maximum absolute atomic E-state index is 12.1. The number of aromatic nitrogens is 1. The molecule has 1 N–H and O–H groups in total. The third-order valence-electron chi connectivity index (χ3n) is 2.42. The molecule has 2 rings (SSSR count). The first-order valence-electron chi connectivity index (χ1n) is 5.36. The molecular weight excluding hydrogens is 395 g/mol. The van der Waals surface area contributed by atoms with Crippen molar-refractivity contribution in [3.63, 3.8) is 0 Å². The van der Waals surface area contributed by atoms with E-state index in [9.17, 15) is 4.79 Å². The smallest absolute Gasteiger partial charge is 0.258 e. The van der Waals surface area contributed by atoms with Crippen LogP contribution in [0.4, 0.5) is 5.69 Å². The molecule has 0 spiro atoms. The summed E-state index contributed by atoms with van der Waals surface area (Å²) in [6, 6.07) is 7.31. The van der Waals surface area contributed by atoms with Gasteiger partial charge in [-0.1, -0.05) is 17.7 Å². The molecule has 0 radical (unpaired) electrons. The van der Waals surface area contributed by atoms with Crippen LogP contribution in [0.15, 0.2) is 39.4 Å². The van der Waals surface area contributed by atoms with Gasteiger partial charge in [-0.25, -0.2) is 4.98 Å². The van der Waals surface area contributed by atoms with Gasteiger partial charge >= 0.3 is 0 Å². The van der Waals surface area contributed by atoms with Crippen molar-refractivity contribution in [1.29, 1.82) is 0 Å². The second-order valence-corrected chi connectivity index (χ2v) is 6.06. The topological polar surface area (TPSA) is 42.0 Å². The second kappa shape index (κ2) is 6.03. The van der Waals surface area contributed by atoms with Crippen molar-refractivity contribution in [2.75, 3.05) is 5.32 Å². The number of rotatable bonds is 2. The number of halogens is 3. The SMILES string of the molecule is Cc1ccc(NC(=O)c2cc(Br)cnc2Cl)c(Br)c1. The van der Waals surface area contributed by atoms with Gasteiger partial charge in [0.1, 0.15) is 5.15 Å². The predicted molar refractivity (Wildman–Crippen MR) is 83.8 cm³/mol. The van der Waals surface area contributed by atoms with Gasteiger partial charge in [0.15, 0.2) is 0 Å². The van der Waals surface area contributed by atoms with Gasteiger partial charge in [-0.3, -0.25) is 4.79 Å². The van der Waals surface area contributed by atoms with E-state index in [2.05, 4.69) is 42.2 Å². The Morgan fingerprint density at radius 3 is 2.74 bits per heavy atom. The minimum atomic E-state index is -0.302. The third kappa shape index (κ3) is 3.55. The van der Waals surface area contributed by atoms with Gasteiger partial charge in [-0.15, -0.1) is 0 Å². The van der Waals surface area contributed by atoms with Crippen molar-refractivity contribution in [2.24, 2.45) is 0 Å². The van der Waals surface area contributed by atoms with Crippen molar-refractivity contribution in [1.82, 2.24) is 4.98 Å². The molecule has 0 saturated carbocycles. The number of pyridine rings is 1. The van der Waals surface area contributed by atoms with Crippen LogP contribution in [-0.2, 0) is 0 Å². The monoisotopic (exact) mass is 402 g/mol. The van der Waals surface area contributed by atoms with E-state index in [-0.39, 0.29) is 11.1 Å². The summed E-state index contributed by atoms with van der Waals surface area (Å²) in [5, 5.41) is 2.96. The predicted octanol–water partition coefficient (Wildman–Crippen LogP) is 4.82. The van der Waals surface area contributed by atoms with Crippen LogP contribution >= 0.6 is 43.5 Å². The van der Waals surface area contributed by atoms with Gasteiger partial charge < -0.3 is 5.32 Å². The Kier molecular flexibility index (Phi) is 4.60. The van der Waals surface area contributed by atoms with Crippen LogP contribution in [-0.4, -0.2) is 10.9 Å². The van der Waals surface area contributed by atoms with Crippen LogP contribution in [0.5, 0.6) is 0 Å². The number of hydrogen-bond acceptors (Lipinski definition) is 2. The van der Waals surface area contributed by atoms with E-state index in [0.29, 0.717) is 15.7 Å². The number of benzene rings is 1. The molecule has 19 heavy (non-hydrogen) atoms. The lowest BCUT2D eigenvalue weighted by molar-refractivity contribution is 0.102. The van der Waals surface area contributed by atoms with Gasteiger partial charge in [0.2, 0.25) is 0 Å². The number of nitrogens with one attached hydrogen (secondary N) is 1. The molecule has 2 aromatic rings. The fourth-order valence-corrected chi connectivity index (χ4v) is 2.61. The first kappa shape index (κ1) is 14.5. The van der Waals surface area contributed by atoms with Crippen LogP contribution in [0.1, 0.15) is 15.9 Å². The Morgan fingerprint density at radius 1 is 1.32 bits per heavy atom. The quantitative estimate of drug-likeness (QED) is 0.729. The maximum atomic E-state index is 12.1. The van der Waals surface area contributed by atoms with Crippen molar-refractivity contribution in [3.8, 4) is 0 Å². The van der Waals surface area contributed by atoms with Crippen molar-refractivity contribution >= 4 is 55.1 Å². The summed E-state index contributed by atoms with van der Waals surface area (Å²) < 4.78 is 1.52. The molecule has 3 nitrogen and oxygen atoms in total. The summed E-state index contributed by atoms with van der Waals surface area (Å²) in [7, 11) is 0. The summed E-state index contributed by atoms with van der Waals surface area (Å²) >= 11 is 12.6. The standard InChI is InChI=1S/C13H9Br2ClN2O/c1-7-2-3-11(10(15)4-7)18-13(19)9-5-8(14)6-17-12(9)16/h2-6H,1H3,(H,18,19). The summed E-state index contributed by atoms with van der Waals surface area (Å²) in [5.41, 5.74) is 2.11. The summed E-state index contributed by atoms with van der Waals surface area (Å²) in [5.74, 6) is -0.302. The summed E-state index contributed by atoms with van der Waals surface area (Å²) in [6.07, 6.45) is 1.54. The number of anilines is 1. The van der Waals surface area contributed by atoms with E-state index in [1.807, 2.05) is 25.1 Å².